The summed E-state index contributed by atoms with van der Waals surface area (Å²) in [5.41, 5.74) is 0. The van der Waals surface area contributed by atoms with E-state index in [0.29, 0.717) is 19.3 Å². The first-order valence-electron chi connectivity index (χ1n) is 27.1. The van der Waals surface area contributed by atoms with Crippen molar-refractivity contribution in [3.05, 3.63) is 85.1 Å². The number of hydrogen-bond acceptors (Lipinski definition) is 6. The van der Waals surface area contributed by atoms with E-state index in [0.717, 1.165) is 89.9 Å². The number of hydrogen-bond donors (Lipinski definition) is 0. The van der Waals surface area contributed by atoms with Gasteiger partial charge in [0.15, 0.2) is 6.10 Å². The third kappa shape index (κ3) is 51.4. The third-order valence-electron chi connectivity index (χ3n) is 11.4. The van der Waals surface area contributed by atoms with E-state index in [1.165, 1.54) is 116 Å². The van der Waals surface area contributed by atoms with Gasteiger partial charge in [0, 0.05) is 19.3 Å². The van der Waals surface area contributed by atoms with Crippen molar-refractivity contribution in [3.8, 4) is 0 Å². The monoisotopic (exact) mass is 905 g/mol. The van der Waals surface area contributed by atoms with Crippen LogP contribution in [0.1, 0.15) is 252 Å². The van der Waals surface area contributed by atoms with Gasteiger partial charge in [-0.1, -0.05) is 215 Å². The van der Waals surface area contributed by atoms with Gasteiger partial charge < -0.3 is 14.2 Å². The number of ether oxygens (including phenoxy) is 3. The molecule has 6 heteroatoms. The van der Waals surface area contributed by atoms with Crippen LogP contribution < -0.4 is 0 Å². The highest BCUT2D eigenvalue weighted by molar-refractivity contribution is 5.71. The molecule has 0 saturated heterocycles. The molecule has 0 N–H and O–H groups in total. The maximum absolute atomic E-state index is 12.8. The fourth-order valence-corrected chi connectivity index (χ4v) is 7.30. The number of carbonyl (C=O) groups is 3. The second-order valence-corrected chi connectivity index (χ2v) is 17.7. The Morgan fingerprint density at radius 2 is 0.631 bits per heavy atom. The van der Waals surface area contributed by atoms with Gasteiger partial charge in [-0.15, -0.1) is 0 Å². The quantitative estimate of drug-likeness (QED) is 0.0262. The van der Waals surface area contributed by atoms with Crippen molar-refractivity contribution in [2.75, 3.05) is 13.2 Å². The minimum atomic E-state index is -0.807. The predicted molar refractivity (Wildman–Crippen MR) is 279 cm³/mol. The van der Waals surface area contributed by atoms with Crippen LogP contribution in [0, 0.1) is 0 Å². The molecule has 0 spiro atoms. The average molecular weight is 905 g/mol. The van der Waals surface area contributed by atoms with E-state index in [2.05, 4.69) is 99.8 Å². The Bertz CT molecular complexity index is 1270. The van der Waals surface area contributed by atoms with E-state index < -0.39 is 6.10 Å². The molecule has 0 radical (unpaired) electrons. The van der Waals surface area contributed by atoms with Crippen molar-refractivity contribution in [1.29, 1.82) is 0 Å². The first-order valence-corrected chi connectivity index (χ1v) is 27.1. The summed E-state index contributed by atoms with van der Waals surface area (Å²) in [5.74, 6) is -0.989. The molecule has 372 valence electrons. The number of carbonyl (C=O) groups excluding carboxylic acids is 3. The molecule has 1 unspecified atom stereocenters. The SMILES string of the molecule is CC/C=C/C/C=C/C/C=C/C/C=C/CCCCCCCCC(=O)OCC(COC(=O)CC/C=C/C/C=C/CCCCCCCC)OC(=O)CCCCCCCCC/C=C/CCCCCC. The van der Waals surface area contributed by atoms with Crippen molar-refractivity contribution in [2.45, 2.75) is 258 Å². The van der Waals surface area contributed by atoms with E-state index in [4.69, 9.17) is 14.2 Å². The molecule has 0 saturated carbocycles. The Labute approximate surface area is 401 Å². The van der Waals surface area contributed by atoms with Crippen LogP contribution in [0.5, 0.6) is 0 Å². The maximum atomic E-state index is 12.8. The molecule has 1 atom stereocenters. The highest BCUT2D eigenvalue weighted by Gasteiger charge is 2.19. The Morgan fingerprint density at radius 1 is 0.323 bits per heavy atom. The highest BCUT2D eigenvalue weighted by atomic mass is 16.6. The lowest BCUT2D eigenvalue weighted by molar-refractivity contribution is -0.166. The van der Waals surface area contributed by atoms with Crippen LogP contribution >= 0.6 is 0 Å². The summed E-state index contributed by atoms with van der Waals surface area (Å²) >= 11 is 0. The Balaban J connectivity index is 4.45. The molecule has 0 aliphatic heterocycles. The summed E-state index contributed by atoms with van der Waals surface area (Å²) in [6.45, 7) is 6.44. The summed E-state index contributed by atoms with van der Waals surface area (Å²) < 4.78 is 16.8. The molecule has 0 rings (SSSR count). The van der Waals surface area contributed by atoms with Gasteiger partial charge in [-0.2, -0.15) is 0 Å². The van der Waals surface area contributed by atoms with Crippen LogP contribution in [0.25, 0.3) is 0 Å². The first kappa shape index (κ1) is 61.6. The number of unbranched alkanes of at least 4 members (excludes halogenated alkanes) is 23. The molecule has 65 heavy (non-hydrogen) atoms. The largest absolute Gasteiger partial charge is 0.462 e. The first-order chi connectivity index (χ1) is 32.0. The smallest absolute Gasteiger partial charge is 0.306 e. The lowest BCUT2D eigenvalue weighted by Gasteiger charge is -2.18. The fourth-order valence-electron chi connectivity index (χ4n) is 7.30. The summed E-state index contributed by atoms with van der Waals surface area (Å²) in [6, 6.07) is 0. The zero-order chi connectivity index (χ0) is 47.2. The van der Waals surface area contributed by atoms with Gasteiger partial charge >= 0.3 is 17.9 Å². The molecule has 0 heterocycles. The number of allylic oxidation sites excluding steroid dienone is 14. The van der Waals surface area contributed by atoms with Crippen molar-refractivity contribution >= 4 is 17.9 Å². The maximum Gasteiger partial charge on any atom is 0.306 e. The van der Waals surface area contributed by atoms with Crippen molar-refractivity contribution in [1.82, 2.24) is 0 Å². The second kappa shape index (κ2) is 53.2. The number of esters is 3. The van der Waals surface area contributed by atoms with E-state index in [9.17, 15) is 14.4 Å². The summed E-state index contributed by atoms with van der Waals surface area (Å²) in [6.07, 6.45) is 68.6. The Hall–Kier alpha value is -3.41. The second-order valence-electron chi connectivity index (χ2n) is 17.7. The lowest BCUT2D eigenvalue weighted by atomic mass is 10.1. The third-order valence-corrected chi connectivity index (χ3v) is 11.4. The van der Waals surface area contributed by atoms with Gasteiger partial charge in [0.2, 0.25) is 0 Å². The minimum absolute atomic E-state index is 0.103. The van der Waals surface area contributed by atoms with E-state index in [1.807, 2.05) is 6.08 Å². The van der Waals surface area contributed by atoms with E-state index in [1.54, 1.807) is 0 Å². The van der Waals surface area contributed by atoms with Crippen LogP contribution in [0.4, 0.5) is 0 Å². The zero-order valence-electron chi connectivity index (χ0n) is 42.5. The topological polar surface area (TPSA) is 78.9 Å². The molecular weight excluding hydrogens is 805 g/mol. The molecule has 0 aliphatic rings. The van der Waals surface area contributed by atoms with Gasteiger partial charge in [0.25, 0.3) is 0 Å². The Morgan fingerprint density at radius 3 is 1.06 bits per heavy atom. The zero-order valence-corrected chi connectivity index (χ0v) is 42.5. The van der Waals surface area contributed by atoms with Crippen molar-refractivity contribution in [2.24, 2.45) is 0 Å². The fraction of sp³-hybridized carbons (Fsp3) is 0.712. The van der Waals surface area contributed by atoms with E-state index >= 15 is 0 Å². The molecule has 0 fully saturated rings. The van der Waals surface area contributed by atoms with Gasteiger partial charge in [-0.05, 0) is 103 Å². The van der Waals surface area contributed by atoms with Gasteiger partial charge in [0.1, 0.15) is 13.2 Å². The summed E-state index contributed by atoms with van der Waals surface area (Å²) in [4.78, 5) is 38.0. The van der Waals surface area contributed by atoms with Crippen molar-refractivity contribution in [3.63, 3.8) is 0 Å². The highest BCUT2D eigenvalue weighted by Crippen LogP contribution is 2.14. The van der Waals surface area contributed by atoms with Crippen LogP contribution in [0.15, 0.2) is 85.1 Å². The lowest BCUT2D eigenvalue weighted by Crippen LogP contribution is -2.30. The molecule has 0 aromatic carbocycles. The van der Waals surface area contributed by atoms with Gasteiger partial charge in [-0.3, -0.25) is 14.4 Å². The molecule has 6 nitrogen and oxygen atoms in total. The molecule has 0 bridgehead atoms. The van der Waals surface area contributed by atoms with Gasteiger partial charge in [-0.25, -0.2) is 0 Å². The molecule has 0 aliphatic carbocycles. The molecule has 0 aromatic rings. The summed E-state index contributed by atoms with van der Waals surface area (Å²) in [7, 11) is 0. The predicted octanol–water partition coefficient (Wildman–Crippen LogP) is 18.0. The van der Waals surface area contributed by atoms with Crippen LogP contribution in [-0.2, 0) is 28.6 Å². The number of rotatable bonds is 48. The average Bonchev–Trinajstić information content (AvgIpc) is 3.30. The summed E-state index contributed by atoms with van der Waals surface area (Å²) in [5, 5.41) is 0. The standard InChI is InChI=1S/C59H100O6/c1-4-7-10-13-16-19-22-25-27-28-29-30-32-34-37-40-43-46-49-52-58(61)64-55-56(54-63-57(60)51-48-45-42-39-36-33-24-21-18-15-12-9-6-3)65-59(62)53-50-47-44-41-38-35-31-26-23-20-17-14-11-8-5-2/h7,10,16,19-20,23,25,27,29-30,33,36,42,45,56H,4-6,8-9,11-15,17-18,21-22,24,26,28,31-32,34-35,37-41,43-44,46-55H2,1-3H3/b10-7+,19-16+,23-20+,27-25+,30-29+,36-33+,45-42+. The van der Waals surface area contributed by atoms with Crippen LogP contribution in [0.3, 0.4) is 0 Å². The van der Waals surface area contributed by atoms with E-state index in [-0.39, 0.29) is 37.5 Å². The molecular formula is C59H100O6. The molecule has 0 aromatic heterocycles. The minimum Gasteiger partial charge on any atom is -0.462 e. The van der Waals surface area contributed by atoms with Crippen LogP contribution in [-0.4, -0.2) is 37.2 Å². The molecule has 0 amide bonds. The normalized spacial score (nSPS) is 12.7. The van der Waals surface area contributed by atoms with Crippen molar-refractivity contribution < 1.29 is 28.6 Å². The van der Waals surface area contributed by atoms with Gasteiger partial charge in [0.05, 0.1) is 0 Å². The van der Waals surface area contributed by atoms with Crippen LogP contribution in [0.2, 0.25) is 0 Å². The Kier molecular flexibility index (Phi) is 50.4.